The van der Waals surface area contributed by atoms with E-state index in [9.17, 15) is 14.4 Å². The minimum atomic E-state index is -1.29. The van der Waals surface area contributed by atoms with Gasteiger partial charge in [0.15, 0.2) is 0 Å². The van der Waals surface area contributed by atoms with E-state index in [0.717, 1.165) is 5.56 Å². The lowest BCUT2D eigenvalue weighted by Gasteiger charge is -2.31. The smallest absolute Gasteiger partial charge is 0.327 e. The molecule has 2 fully saturated rings. The van der Waals surface area contributed by atoms with Crippen molar-refractivity contribution in [3.8, 4) is 0 Å². The molecule has 0 radical (unpaired) electrons. The molecule has 0 unspecified atom stereocenters. The first kappa shape index (κ1) is 19.4. The van der Waals surface area contributed by atoms with E-state index in [1.165, 1.54) is 11.2 Å². The van der Waals surface area contributed by atoms with Crippen molar-refractivity contribution >= 4 is 23.5 Å². The monoisotopic (exact) mass is 396 g/mol. The summed E-state index contributed by atoms with van der Waals surface area (Å²) in [4.78, 5) is 41.2. The average molecular weight is 396 g/mol. The lowest BCUT2D eigenvalue weighted by Crippen LogP contribution is -2.56. The molecule has 1 N–H and O–H groups in total. The first-order valence-corrected chi connectivity index (χ1v) is 9.87. The lowest BCUT2D eigenvalue weighted by atomic mass is 9.78. The Kier molecular flexibility index (Phi) is 4.78. The van der Waals surface area contributed by atoms with Crippen LogP contribution in [-0.4, -0.2) is 29.9 Å². The van der Waals surface area contributed by atoms with E-state index in [1.54, 1.807) is 31.2 Å². The number of carbonyl (C=O) groups excluding carboxylic acids is 3. The summed E-state index contributed by atoms with van der Waals surface area (Å²) in [6.07, 6.45) is 1.83. The van der Waals surface area contributed by atoms with E-state index in [0.29, 0.717) is 17.9 Å². The van der Waals surface area contributed by atoms with Crippen LogP contribution in [0, 0.1) is 18.8 Å². The Labute approximate surface area is 169 Å². The molecule has 2 saturated heterocycles. The van der Waals surface area contributed by atoms with Gasteiger partial charge >= 0.3 is 5.97 Å². The molecule has 1 aromatic carbocycles. The Morgan fingerprint density at radius 1 is 1.17 bits per heavy atom. The van der Waals surface area contributed by atoms with Crippen LogP contribution in [0.15, 0.2) is 47.1 Å². The van der Waals surface area contributed by atoms with Crippen LogP contribution in [0.5, 0.6) is 0 Å². The van der Waals surface area contributed by atoms with Crippen molar-refractivity contribution in [2.45, 2.75) is 38.8 Å². The highest BCUT2D eigenvalue weighted by Crippen LogP contribution is 2.51. The van der Waals surface area contributed by atoms with Gasteiger partial charge in [0.25, 0.3) is 0 Å². The molecule has 4 atom stereocenters. The second kappa shape index (κ2) is 7.15. The van der Waals surface area contributed by atoms with Gasteiger partial charge in [0.05, 0.1) is 36.4 Å². The van der Waals surface area contributed by atoms with Gasteiger partial charge in [-0.15, -0.1) is 0 Å². The quantitative estimate of drug-likeness (QED) is 0.618. The number of fused-ring (bicyclic) bond motifs is 1. The number of nitrogens with one attached hydrogen (secondary N) is 1. The van der Waals surface area contributed by atoms with E-state index in [2.05, 4.69) is 5.32 Å². The van der Waals surface area contributed by atoms with Crippen molar-refractivity contribution in [1.29, 1.82) is 0 Å². The highest BCUT2D eigenvalue weighted by atomic mass is 16.5. The zero-order chi connectivity index (χ0) is 20.8. The summed E-state index contributed by atoms with van der Waals surface area (Å²) in [5, 5.41) is 3.25. The molecular formula is C22H24N2O5. The summed E-state index contributed by atoms with van der Waals surface area (Å²) in [6.45, 7) is 5.66. The van der Waals surface area contributed by atoms with Crippen molar-refractivity contribution in [2.24, 2.45) is 11.8 Å². The fourth-order valence-corrected chi connectivity index (χ4v) is 4.58. The van der Waals surface area contributed by atoms with Gasteiger partial charge in [-0.25, -0.2) is 4.90 Å². The van der Waals surface area contributed by atoms with Crippen LogP contribution in [0.2, 0.25) is 0 Å². The number of ether oxygens (including phenoxy) is 1. The topological polar surface area (TPSA) is 88.8 Å². The fraction of sp³-hybridized carbons (Fsp3) is 0.409. The molecule has 0 aliphatic carbocycles. The van der Waals surface area contributed by atoms with Crippen LogP contribution in [0.4, 0.5) is 5.69 Å². The van der Waals surface area contributed by atoms with Crippen molar-refractivity contribution in [2.75, 3.05) is 11.5 Å². The van der Waals surface area contributed by atoms with Gasteiger partial charge in [-0.2, -0.15) is 0 Å². The van der Waals surface area contributed by atoms with E-state index < -0.39 is 29.4 Å². The minimum absolute atomic E-state index is 0.189. The minimum Gasteiger partial charge on any atom is -0.468 e. The first-order chi connectivity index (χ1) is 13.9. The standard InChI is InChI=1S/C22H24N2O5/c1-4-22(21(27)28-5-2)17-16(18(23-22)15-7-6-12-29-15)19(25)24(20(17)26)14-10-8-13(3)9-11-14/h6-12,16-18,23H,4-5H2,1-3H3/t16-,17-,18-,22+/m0/s1. The second-order valence-corrected chi connectivity index (χ2v) is 7.53. The molecule has 2 amide bonds. The number of nitrogens with zero attached hydrogens (tertiary/aromatic N) is 1. The molecule has 0 spiro atoms. The van der Waals surface area contributed by atoms with Gasteiger partial charge in [-0.3, -0.25) is 19.7 Å². The van der Waals surface area contributed by atoms with Crippen LogP contribution in [0.3, 0.4) is 0 Å². The Bertz CT molecular complexity index is 937. The molecule has 2 aromatic rings. The summed E-state index contributed by atoms with van der Waals surface area (Å²) in [5.41, 5.74) is 0.245. The molecule has 4 rings (SSSR count). The fourth-order valence-electron chi connectivity index (χ4n) is 4.58. The number of rotatable bonds is 5. The van der Waals surface area contributed by atoms with E-state index in [1.807, 2.05) is 26.0 Å². The van der Waals surface area contributed by atoms with Crippen molar-refractivity contribution in [1.82, 2.24) is 5.32 Å². The van der Waals surface area contributed by atoms with Crippen LogP contribution >= 0.6 is 0 Å². The number of imide groups is 1. The third-order valence-corrected chi connectivity index (χ3v) is 5.99. The summed E-state index contributed by atoms with van der Waals surface area (Å²) >= 11 is 0. The van der Waals surface area contributed by atoms with Crippen molar-refractivity contribution in [3.05, 3.63) is 54.0 Å². The largest absolute Gasteiger partial charge is 0.468 e. The molecule has 3 heterocycles. The maximum Gasteiger partial charge on any atom is 0.327 e. The molecule has 152 valence electrons. The van der Waals surface area contributed by atoms with Crippen LogP contribution < -0.4 is 10.2 Å². The van der Waals surface area contributed by atoms with Crippen LogP contribution in [-0.2, 0) is 19.1 Å². The van der Waals surface area contributed by atoms with E-state index in [4.69, 9.17) is 9.15 Å². The second-order valence-electron chi connectivity index (χ2n) is 7.53. The van der Waals surface area contributed by atoms with Gasteiger partial charge < -0.3 is 9.15 Å². The zero-order valence-corrected chi connectivity index (χ0v) is 16.7. The normalized spacial score (nSPS) is 28.7. The number of benzene rings is 1. The molecule has 7 nitrogen and oxygen atoms in total. The number of carbonyl (C=O) groups is 3. The Morgan fingerprint density at radius 2 is 1.90 bits per heavy atom. The number of anilines is 1. The van der Waals surface area contributed by atoms with Gasteiger partial charge in [0.2, 0.25) is 11.8 Å². The summed E-state index contributed by atoms with van der Waals surface area (Å²) < 4.78 is 10.9. The SMILES string of the molecule is CCOC(=O)[C@]1(CC)N[C@@H](c2ccco2)[C@H]2C(=O)N(c3ccc(C)cc3)C(=O)[C@H]21. The first-order valence-electron chi connectivity index (χ1n) is 9.87. The van der Waals surface area contributed by atoms with Gasteiger partial charge in [-0.1, -0.05) is 24.6 Å². The van der Waals surface area contributed by atoms with Crippen LogP contribution in [0.1, 0.15) is 37.6 Å². The molecule has 1 aromatic heterocycles. The molecule has 7 heteroatoms. The Balaban J connectivity index is 1.83. The predicted octanol–water partition coefficient (Wildman–Crippen LogP) is 2.75. The Hall–Kier alpha value is -2.93. The molecule has 0 bridgehead atoms. The van der Waals surface area contributed by atoms with E-state index >= 15 is 0 Å². The molecular weight excluding hydrogens is 372 g/mol. The van der Waals surface area contributed by atoms with Gasteiger partial charge in [0, 0.05) is 0 Å². The zero-order valence-electron chi connectivity index (χ0n) is 16.7. The third-order valence-electron chi connectivity index (χ3n) is 5.99. The number of hydrogen-bond donors (Lipinski definition) is 1. The Morgan fingerprint density at radius 3 is 2.48 bits per heavy atom. The van der Waals surface area contributed by atoms with Crippen LogP contribution in [0.25, 0.3) is 0 Å². The maximum absolute atomic E-state index is 13.5. The molecule has 0 saturated carbocycles. The highest BCUT2D eigenvalue weighted by molar-refractivity contribution is 6.24. The van der Waals surface area contributed by atoms with E-state index in [-0.39, 0.29) is 18.4 Å². The maximum atomic E-state index is 13.5. The predicted molar refractivity (Wildman–Crippen MR) is 105 cm³/mol. The number of hydrogen-bond acceptors (Lipinski definition) is 6. The summed E-state index contributed by atoms with van der Waals surface area (Å²) in [5.74, 6) is -2.34. The molecule has 29 heavy (non-hydrogen) atoms. The lowest BCUT2D eigenvalue weighted by molar-refractivity contribution is -0.154. The number of amides is 2. The number of aryl methyl sites for hydroxylation is 1. The number of esters is 1. The highest BCUT2D eigenvalue weighted by Gasteiger charge is 2.68. The molecule has 2 aliphatic rings. The average Bonchev–Trinajstić information content (AvgIpc) is 3.40. The molecule has 2 aliphatic heterocycles. The van der Waals surface area contributed by atoms with Gasteiger partial charge in [-0.05, 0) is 44.5 Å². The third kappa shape index (κ3) is 2.80. The van der Waals surface area contributed by atoms with Crippen molar-refractivity contribution < 1.29 is 23.5 Å². The summed E-state index contributed by atoms with van der Waals surface area (Å²) in [7, 11) is 0. The van der Waals surface area contributed by atoms with Crippen molar-refractivity contribution in [3.63, 3.8) is 0 Å². The number of furan rings is 1. The van der Waals surface area contributed by atoms with Gasteiger partial charge in [0.1, 0.15) is 11.3 Å². The summed E-state index contributed by atoms with van der Waals surface area (Å²) in [6, 6.07) is 10.1.